The number of amides is 1. The highest BCUT2D eigenvalue weighted by atomic mass is 16.5. The lowest BCUT2D eigenvalue weighted by atomic mass is 10.2. The number of nitrogens with zero attached hydrogens (tertiary/aromatic N) is 1. The van der Waals surface area contributed by atoms with Crippen molar-refractivity contribution in [3.63, 3.8) is 0 Å². The summed E-state index contributed by atoms with van der Waals surface area (Å²) in [4.78, 5) is 17.3. The predicted molar refractivity (Wildman–Crippen MR) is 108 cm³/mol. The summed E-state index contributed by atoms with van der Waals surface area (Å²) in [6, 6.07) is 14.6. The second kappa shape index (κ2) is 9.75. The molecule has 1 heterocycles. The van der Waals surface area contributed by atoms with E-state index in [1.54, 1.807) is 32.4 Å². The molecule has 1 amide bonds. The van der Waals surface area contributed by atoms with Crippen LogP contribution < -0.4 is 20.1 Å². The lowest BCUT2D eigenvalue weighted by Crippen LogP contribution is -2.36. The molecule has 1 atom stereocenters. The van der Waals surface area contributed by atoms with Gasteiger partial charge in [-0.25, -0.2) is 4.99 Å². The summed E-state index contributed by atoms with van der Waals surface area (Å²) in [6.07, 6.45) is 2.10. The zero-order valence-corrected chi connectivity index (χ0v) is 16.1. The van der Waals surface area contributed by atoms with Gasteiger partial charge in [-0.05, 0) is 37.1 Å². The van der Waals surface area contributed by atoms with E-state index >= 15 is 0 Å². The van der Waals surface area contributed by atoms with Crippen LogP contribution in [0.4, 0.5) is 5.69 Å². The number of hydrogen-bond acceptors (Lipinski definition) is 5. The second-order valence-corrected chi connectivity index (χ2v) is 6.37. The molecule has 148 valence electrons. The average Bonchev–Trinajstić information content (AvgIpc) is 3.26. The highest BCUT2D eigenvalue weighted by molar-refractivity contribution is 6.10. The topological polar surface area (TPSA) is 81.2 Å². The fraction of sp³-hybridized carbons (Fsp3) is 0.333. The van der Waals surface area contributed by atoms with Gasteiger partial charge in [0.05, 0.1) is 26.9 Å². The van der Waals surface area contributed by atoms with Crippen LogP contribution in [-0.2, 0) is 4.74 Å². The minimum atomic E-state index is -0.313. The monoisotopic (exact) mass is 383 g/mol. The Bertz CT molecular complexity index is 795. The van der Waals surface area contributed by atoms with Crippen molar-refractivity contribution in [2.45, 2.75) is 18.9 Å². The van der Waals surface area contributed by atoms with Gasteiger partial charge in [0, 0.05) is 23.9 Å². The highest BCUT2D eigenvalue weighted by Gasteiger charge is 2.17. The van der Waals surface area contributed by atoms with Crippen LogP contribution in [0.5, 0.6) is 11.5 Å². The minimum absolute atomic E-state index is 0.0846. The molecule has 2 aromatic rings. The summed E-state index contributed by atoms with van der Waals surface area (Å²) in [5, 5.41) is 6.00. The lowest BCUT2D eigenvalue weighted by Gasteiger charge is -2.14. The van der Waals surface area contributed by atoms with Crippen molar-refractivity contribution >= 4 is 17.6 Å². The summed E-state index contributed by atoms with van der Waals surface area (Å²) in [5.41, 5.74) is 1.24. The largest absolute Gasteiger partial charge is 0.497 e. The van der Waals surface area contributed by atoms with Crippen LogP contribution in [0, 0.1) is 0 Å². The maximum atomic E-state index is 12.8. The minimum Gasteiger partial charge on any atom is -0.497 e. The number of hydrogen-bond donors (Lipinski definition) is 2. The van der Waals surface area contributed by atoms with Crippen molar-refractivity contribution in [1.82, 2.24) is 5.32 Å². The van der Waals surface area contributed by atoms with Gasteiger partial charge in [0.25, 0.3) is 5.91 Å². The molecule has 3 rings (SSSR count). The van der Waals surface area contributed by atoms with Crippen molar-refractivity contribution in [1.29, 1.82) is 0 Å². The number of aliphatic imine (C=N–C) groups is 1. The van der Waals surface area contributed by atoms with Crippen LogP contribution in [0.2, 0.25) is 0 Å². The molecule has 0 aliphatic carbocycles. The Hall–Kier alpha value is -3.06. The van der Waals surface area contributed by atoms with Gasteiger partial charge < -0.3 is 19.5 Å². The molecule has 1 fully saturated rings. The molecule has 0 unspecified atom stereocenters. The number of carbonyl (C=O) groups excluding carboxylic acids is 1. The standard InChI is InChI=1S/C21H25N3O4/c1-26-18-11-15(12-19(13-18)27-2)20(25)24-21(22-14-17-9-6-10-28-17)23-16-7-4-3-5-8-16/h3-5,7-8,11-13,17H,6,9-10,14H2,1-2H3,(H2,22,23,24,25)/t17-/m0/s1. The van der Waals surface area contributed by atoms with Crippen molar-refractivity contribution in [2.24, 2.45) is 4.99 Å². The number of ether oxygens (including phenoxy) is 3. The van der Waals surface area contributed by atoms with Gasteiger partial charge in [0.2, 0.25) is 5.96 Å². The predicted octanol–water partition coefficient (Wildman–Crippen LogP) is 3.08. The summed E-state index contributed by atoms with van der Waals surface area (Å²) in [6.45, 7) is 1.24. The van der Waals surface area contributed by atoms with E-state index in [1.165, 1.54) is 0 Å². The van der Waals surface area contributed by atoms with Gasteiger partial charge in [0.1, 0.15) is 11.5 Å². The van der Waals surface area contributed by atoms with Gasteiger partial charge >= 0.3 is 0 Å². The summed E-state index contributed by atoms with van der Waals surface area (Å²) in [7, 11) is 3.09. The molecule has 0 saturated carbocycles. The summed E-state index contributed by atoms with van der Waals surface area (Å²) < 4.78 is 16.1. The fourth-order valence-corrected chi connectivity index (χ4v) is 2.87. The third-order valence-corrected chi connectivity index (χ3v) is 4.36. The van der Waals surface area contributed by atoms with Gasteiger partial charge in [0.15, 0.2) is 0 Å². The Morgan fingerprint density at radius 3 is 2.46 bits per heavy atom. The fourth-order valence-electron chi connectivity index (χ4n) is 2.87. The smallest absolute Gasteiger partial charge is 0.258 e. The van der Waals surface area contributed by atoms with Crippen molar-refractivity contribution in [3.8, 4) is 11.5 Å². The first-order valence-corrected chi connectivity index (χ1v) is 9.20. The number of carbonyl (C=O) groups is 1. The van der Waals surface area contributed by atoms with Crippen LogP contribution in [0.25, 0.3) is 0 Å². The Balaban J connectivity index is 1.77. The van der Waals surface area contributed by atoms with Crippen LogP contribution >= 0.6 is 0 Å². The summed E-state index contributed by atoms with van der Waals surface area (Å²) in [5.74, 6) is 1.14. The maximum absolute atomic E-state index is 12.8. The Kier molecular flexibility index (Phi) is 6.86. The molecular formula is C21H25N3O4. The van der Waals surface area contributed by atoms with E-state index in [-0.39, 0.29) is 12.0 Å². The molecule has 1 saturated heterocycles. The molecule has 0 bridgehead atoms. The number of nitrogens with one attached hydrogen (secondary N) is 2. The van der Waals surface area contributed by atoms with Crippen molar-refractivity contribution < 1.29 is 19.0 Å². The average molecular weight is 383 g/mol. The highest BCUT2D eigenvalue weighted by Crippen LogP contribution is 2.22. The zero-order chi connectivity index (χ0) is 19.8. The SMILES string of the molecule is COc1cc(OC)cc(C(=O)NC(=NC[C@@H]2CCCO2)Nc2ccccc2)c1. The second-order valence-electron chi connectivity index (χ2n) is 6.37. The Morgan fingerprint density at radius 2 is 1.86 bits per heavy atom. The first-order chi connectivity index (χ1) is 13.7. The third-order valence-electron chi connectivity index (χ3n) is 4.36. The van der Waals surface area contributed by atoms with E-state index < -0.39 is 0 Å². The van der Waals surface area contributed by atoms with Gasteiger partial charge in [-0.1, -0.05) is 18.2 Å². The number of methoxy groups -OCH3 is 2. The number of benzene rings is 2. The molecule has 28 heavy (non-hydrogen) atoms. The molecule has 0 radical (unpaired) electrons. The van der Waals surface area contributed by atoms with E-state index in [0.717, 1.165) is 25.1 Å². The number of para-hydroxylation sites is 1. The molecule has 2 aromatic carbocycles. The van der Waals surface area contributed by atoms with E-state index in [9.17, 15) is 4.79 Å². The first kappa shape index (κ1) is 19.7. The van der Waals surface area contributed by atoms with Crippen LogP contribution in [0.1, 0.15) is 23.2 Å². The number of rotatable bonds is 6. The molecule has 7 nitrogen and oxygen atoms in total. The zero-order valence-electron chi connectivity index (χ0n) is 16.1. The third kappa shape index (κ3) is 5.47. The van der Waals surface area contributed by atoms with Crippen LogP contribution in [-0.4, -0.2) is 45.3 Å². The number of guanidine groups is 1. The molecule has 0 aromatic heterocycles. The van der Waals surface area contributed by atoms with E-state index in [1.807, 2.05) is 30.3 Å². The summed E-state index contributed by atoms with van der Waals surface area (Å²) >= 11 is 0. The maximum Gasteiger partial charge on any atom is 0.258 e. The van der Waals surface area contributed by atoms with Crippen molar-refractivity contribution in [3.05, 3.63) is 54.1 Å². The molecule has 1 aliphatic rings. The molecule has 1 aliphatic heterocycles. The van der Waals surface area contributed by atoms with Crippen LogP contribution in [0.3, 0.4) is 0 Å². The first-order valence-electron chi connectivity index (χ1n) is 9.20. The molecular weight excluding hydrogens is 358 g/mol. The Labute approximate surface area is 164 Å². The molecule has 2 N–H and O–H groups in total. The quantitative estimate of drug-likeness (QED) is 0.592. The van der Waals surface area contributed by atoms with Gasteiger partial charge in [-0.15, -0.1) is 0 Å². The van der Waals surface area contributed by atoms with Crippen molar-refractivity contribution in [2.75, 3.05) is 32.7 Å². The Morgan fingerprint density at radius 1 is 1.14 bits per heavy atom. The van der Waals surface area contributed by atoms with E-state index in [4.69, 9.17) is 14.2 Å². The van der Waals surface area contributed by atoms with Crippen LogP contribution in [0.15, 0.2) is 53.5 Å². The molecule has 7 heteroatoms. The molecule has 0 spiro atoms. The van der Waals surface area contributed by atoms with Gasteiger partial charge in [-0.2, -0.15) is 0 Å². The van der Waals surface area contributed by atoms with E-state index in [0.29, 0.717) is 29.6 Å². The lowest BCUT2D eigenvalue weighted by molar-refractivity contribution is 0.0975. The number of anilines is 1. The van der Waals surface area contributed by atoms with Gasteiger partial charge in [-0.3, -0.25) is 10.1 Å². The normalized spacial score (nSPS) is 16.5. The van der Waals surface area contributed by atoms with E-state index in [2.05, 4.69) is 15.6 Å².